The summed E-state index contributed by atoms with van der Waals surface area (Å²) < 4.78 is 5.21. The van der Waals surface area contributed by atoms with Crippen LogP contribution in [0.15, 0.2) is 48.5 Å². The molecule has 0 bridgehead atoms. The second-order valence-electron chi connectivity index (χ2n) is 6.10. The van der Waals surface area contributed by atoms with E-state index in [0.29, 0.717) is 6.54 Å². The van der Waals surface area contributed by atoms with Crippen molar-refractivity contribution in [2.75, 3.05) is 0 Å². The van der Waals surface area contributed by atoms with Gasteiger partial charge in [0.15, 0.2) is 0 Å². The molecule has 0 aliphatic carbocycles. The molecular formula is C18H21NO3. The predicted octanol–water partition coefficient (Wildman–Crippen LogP) is 4.08. The molecule has 4 heteroatoms. The molecule has 0 saturated heterocycles. The molecule has 2 aromatic carbocycles. The van der Waals surface area contributed by atoms with Gasteiger partial charge < -0.3 is 15.2 Å². The van der Waals surface area contributed by atoms with Crippen LogP contribution >= 0.6 is 0 Å². The Kier molecular flexibility index (Phi) is 4.71. The Labute approximate surface area is 130 Å². The van der Waals surface area contributed by atoms with Gasteiger partial charge in [-0.25, -0.2) is 4.79 Å². The van der Waals surface area contributed by atoms with Crippen molar-refractivity contribution in [3.05, 3.63) is 54.1 Å². The maximum atomic E-state index is 11.7. The third-order valence-corrected chi connectivity index (χ3v) is 2.96. The molecule has 0 atom stereocenters. The Hall–Kier alpha value is -2.49. The first-order chi connectivity index (χ1) is 10.3. The van der Waals surface area contributed by atoms with Gasteiger partial charge in [-0.05, 0) is 55.7 Å². The Bertz CT molecular complexity index is 642. The number of nitrogens with one attached hydrogen (secondary N) is 1. The van der Waals surface area contributed by atoms with Gasteiger partial charge in [0.2, 0.25) is 0 Å². The van der Waals surface area contributed by atoms with Crippen LogP contribution < -0.4 is 5.32 Å². The molecule has 1 amide bonds. The van der Waals surface area contributed by atoms with Crippen molar-refractivity contribution in [1.82, 2.24) is 5.32 Å². The highest BCUT2D eigenvalue weighted by molar-refractivity contribution is 5.68. The summed E-state index contributed by atoms with van der Waals surface area (Å²) in [7, 11) is 0. The van der Waals surface area contributed by atoms with Crippen molar-refractivity contribution in [1.29, 1.82) is 0 Å². The molecule has 2 N–H and O–H groups in total. The van der Waals surface area contributed by atoms with Gasteiger partial charge in [-0.15, -0.1) is 0 Å². The van der Waals surface area contributed by atoms with E-state index in [2.05, 4.69) is 5.32 Å². The minimum atomic E-state index is -0.502. The number of hydrogen-bond acceptors (Lipinski definition) is 3. The first kappa shape index (κ1) is 15.9. The van der Waals surface area contributed by atoms with E-state index in [1.54, 1.807) is 12.1 Å². The van der Waals surface area contributed by atoms with Gasteiger partial charge in [0.1, 0.15) is 11.4 Å². The van der Waals surface area contributed by atoms with E-state index < -0.39 is 11.7 Å². The second kappa shape index (κ2) is 6.52. The van der Waals surface area contributed by atoms with E-state index in [4.69, 9.17) is 4.74 Å². The van der Waals surface area contributed by atoms with E-state index in [1.165, 1.54) is 0 Å². The van der Waals surface area contributed by atoms with Crippen LogP contribution in [0.4, 0.5) is 4.79 Å². The zero-order valence-corrected chi connectivity index (χ0v) is 13.1. The number of amides is 1. The summed E-state index contributed by atoms with van der Waals surface area (Å²) in [6, 6.07) is 14.9. The number of hydrogen-bond donors (Lipinski definition) is 2. The summed E-state index contributed by atoms with van der Waals surface area (Å²) in [5, 5.41) is 12.1. The molecule has 0 spiro atoms. The minimum Gasteiger partial charge on any atom is -0.508 e. The fraction of sp³-hybridized carbons (Fsp3) is 0.278. The summed E-state index contributed by atoms with van der Waals surface area (Å²) in [6.07, 6.45) is -0.428. The summed E-state index contributed by atoms with van der Waals surface area (Å²) in [5.74, 6) is 0.242. The monoisotopic (exact) mass is 299 g/mol. The highest BCUT2D eigenvalue weighted by atomic mass is 16.6. The summed E-state index contributed by atoms with van der Waals surface area (Å²) in [4.78, 5) is 11.7. The third kappa shape index (κ3) is 4.81. The maximum absolute atomic E-state index is 11.7. The van der Waals surface area contributed by atoms with Crippen molar-refractivity contribution >= 4 is 6.09 Å². The Balaban J connectivity index is 2.03. The van der Waals surface area contributed by atoms with Crippen molar-refractivity contribution in [3.63, 3.8) is 0 Å². The highest BCUT2D eigenvalue weighted by Crippen LogP contribution is 2.22. The lowest BCUT2D eigenvalue weighted by Gasteiger charge is -2.19. The van der Waals surface area contributed by atoms with Gasteiger partial charge in [0.05, 0.1) is 0 Å². The van der Waals surface area contributed by atoms with Crippen LogP contribution in [0.3, 0.4) is 0 Å². The van der Waals surface area contributed by atoms with Crippen molar-refractivity contribution < 1.29 is 14.6 Å². The third-order valence-electron chi connectivity index (χ3n) is 2.96. The molecule has 2 aromatic rings. The first-order valence-electron chi connectivity index (χ1n) is 7.19. The molecule has 0 fully saturated rings. The molecule has 22 heavy (non-hydrogen) atoms. The summed E-state index contributed by atoms with van der Waals surface area (Å²) in [6.45, 7) is 5.90. The van der Waals surface area contributed by atoms with Gasteiger partial charge >= 0.3 is 6.09 Å². The number of phenols is 1. The van der Waals surface area contributed by atoms with Crippen LogP contribution in [-0.4, -0.2) is 16.8 Å². The lowest BCUT2D eigenvalue weighted by Crippen LogP contribution is -2.32. The summed E-state index contributed by atoms with van der Waals surface area (Å²) >= 11 is 0. The van der Waals surface area contributed by atoms with Crippen LogP contribution in [0.1, 0.15) is 26.3 Å². The molecule has 0 unspecified atom stereocenters. The van der Waals surface area contributed by atoms with E-state index in [-0.39, 0.29) is 5.75 Å². The summed E-state index contributed by atoms with van der Waals surface area (Å²) in [5.41, 5.74) is 2.52. The maximum Gasteiger partial charge on any atom is 0.407 e. The molecule has 0 saturated carbocycles. The molecule has 4 nitrogen and oxygen atoms in total. The van der Waals surface area contributed by atoms with Crippen molar-refractivity contribution in [2.24, 2.45) is 0 Å². The second-order valence-corrected chi connectivity index (χ2v) is 6.10. The molecule has 0 heterocycles. The van der Waals surface area contributed by atoms with Gasteiger partial charge in [-0.2, -0.15) is 0 Å². The van der Waals surface area contributed by atoms with Crippen LogP contribution in [0.25, 0.3) is 11.1 Å². The average Bonchev–Trinajstić information content (AvgIpc) is 2.44. The largest absolute Gasteiger partial charge is 0.508 e. The topological polar surface area (TPSA) is 58.6 Å². The van der Waals surface area contributed by atoms with Gasteiger partial charge in [0.25, 0.3) is 0 Å². The first-order valence-corrected chi connectivity index (χ1v) is 7.19. The highest BCUT2D eigenvalue weighted by Gasteiger charge is 2.15. The molecule has 0 aliphatic heterocycles. The van der Waals surface area contributed by atoms with Gasteiger partial charge in [0, 0.05) is 6.54 Å². The molecule has 0 radical (unpaired) electrons. The lowest BCUT2D eigenvalue weighted by molar-refractivity contribution is 0.0523. The van der Waals surface area contributed by atoms with E-state index in [0.717, 1.165) is 16.7 Å². The van der Waals surface area contributed by atoms with Gasteiger partial charge in [-0.3, -0.25) is 0 Å². The number of ether oxygens (including phenoxy) is 1. The van der Waals surface area contributed by atoms with Crippen molar-refractivity contribution in [2.45, 2.75) is 32.9 Å². The fourth-order valence-electron chi connectivity index (χ4n) is 2.00. The fourth-order valence-corrected chi connectivity index (χ4v) is 2.00. The van der Waals surface area contributed by atoms with E-state index in [1.807, 2.05) is 57.2 Å². The number of alkyl carbamates (subject to hydrolysis) is 1. The number of phenolic OH excluding ortho intramolecular Hbond substituents is 1. The predicted molar refractivity (Wildman–Crippen MR) is 86.6 cm³/mol. The number of carbonyl (C=O) groups is 1. The minimum absolute atomic E-state index is 0.242. The SMILES string of the molecule is CC(C)(C)OC(=O)NCc1cccc(-c2ccc(O)cc2)c1. The van der Waals surface area contributed by atoms with Crippen LogP contribution in [0, 0.1) is 0 Å². The zero-order chi connectivity index (χ0) is 16.2. The van der Waals surface area contributed by atoms with Crippen LogP contribution in [0.5, 0.6) is 5.75 Å². The number of benzene rings is 2. The molecule has 2 rings (SSSR count). The van der Waals surface area contributed by atoms with E-state index >= 15 is 0 Å². The van der Waals surface area contributed by atoms with Gasteiger partial charge in [-0.1, -0.05) is 30.3 Å². The average molecular weight is 299 g/mol. The normalized spacial score (nSPS) is 11.0. The molecule has 0 aliphatic rings. The Morgan fingerprint density at radius 3 is 2.41 bits per heavy atom. The van der Waals surface area contributed by atoms with E-state index in [9.17, 15) is 9.90 Å². The smallest absolute Gasteiger partial charge is 0.407 e. The van der Waals surface area contributed by atoms with Crippen LogP contribution in [0.2, 0.25) is 0 Å². The Morgan fingerprint density at radius 1 is 1.09 bits per heavy atom. The zero-order valence-electron chi connectivity index (χ0n) is 13.1. The molecular weight excluding hydrogens is 278 g/mol. The van der Waals surface area contributed by atoms with Crippen LogP contribution in [-0.2, 0) is 11.3 Å². The van der Waals surface area contributed by atoms with Crippen molar-refractivity contribution in [3.8, 4) is 16.9 Å². The molecule has 116 valence electrons. The number of carbonyl (C=O) groups excluding carboxylic acids is 1. The number of rotatable bonds is 3. The Morgan fingerprint density at radius 2 is 1.77 bits per heavy atom. The lowest BCUT2D eigenvalue weighted by atomic mass is 10.0. The standard InChI is InChI=1S/C18H21NO3/c1-18(2,3)22-17(21)19-12-13-5-4-6-15(11-13)14-7-9-16(20)10-8-14/h4-11,20H,12H2,1-3H3,(H,19,21). The molecule has 0 aromatic heterocycles. The quantitative estimate of drug-likeness (QED) is 0.897. The number of aromatic hydroxyl groups is 1.